The second-order valence-corrected chi connectivity index (χ2v) is 6.02. The third-order valence-electron chi connectivity index (χ3n) is 3.29. The van der Waals surface area contributed by atoms with Crippen LogP contribution in [0.4, 0.5) is 0 Å². The molecule has 1 aromatic carbocycles. The number of hydrogen-bond donors (Lipinski definition) is 1. The van der Waals surface area contributed by atoms with Gasteiger partial charge in [0, 0.05) is 12.1 Å². The molecule has 0 atom stereocenters. The smallest absolute Gasteiger partial charge is 0.137 e. The van der Waals surface area contributed by atoms with Gasteiger partial charge in [0.25, 0.3) is 0 Å². The third kappa shape index (κ3) is 6.76. The second kappa shape index (κ2) is 11.2. The molecular formula is C17H28BrNO. The van der Waals surface area contributed by atoms with Crippen molar-refractivity contribution in [3.05, 3.63) is 28.2 Å². The first-order valence-electron chi connectivity index (χ1n) is 7.90. The number of benzene rings is 1. The molecule has 0 unspecified atom stereocenters. The van der Waals surface area contributed by atoms with Crippen LogP contribution >= 0.6 is 15.9 Å². The predicted molar refractivity (Wildman–Crippen MR) is 90.4 cm³/mol. The number of hydrogen-bond acceptors (Lipinski definition) is 2. The standard InChI is InChI=1S/C17H28BrNO/c1-3-5-6-7-8-13-20-17-15(14-19-12-4-2)10-9-11-16(17)18/h9-11,19H,3-8,12-14H2,1-2H3. The van der Waals surface area contributed by atoms with Gasteiger partial charge in [0.1, 0.15) is 5.75 Å². The summed E-state index contributed by atoms with van der Waals surface area (Å²) < 4.78 is 7.05. The molecule has 0 saturated carbocycles. The normalized spacial score (nSPS) is 10.8. The molecule has 0 aliphatic carbocycles. The lowest BCUT2D eigenvalue weighted by molar-refractivity contribution is 0.299. The Morgan fingerprint density at radius 1 is 1.05 bits per heavy atom. The lowest BCUT2D eigenvalue weighted by Gasteiger charge is -2.14. The minimum absolute atomic E-state index is 0.813. The van der Waals surface area contributed by atoms with Gasteiger partial charge in [-0.3, -0.25) is 0 Å². The molecule has 0 spiro atoms. The summed E-state index contributed by atoms with van der Waals surface area (Å²) in [6, 6.07) is 6.26. The summed E-state index contributed by atoms with van der Waals surface area (Å²) in [5, 5.41) is 3.44. The number of ether oxygens (including phenoxy) is 1. The molecular weight excluding hydrogens is 314 g/mol. The molecule has 0 amide bonds. The molecule has 0 fully saturated rings. The Balaban J connectivity index is 2.41. The molecule has 0 aromatic heterocycles. The van der Waals surface area contributed by atoms with Crippen LogP contribution < -0.4 is 10.1 Å². The quantitative estimate of drug-likeness (QED) is 0.551. The van der Waals surface area contributed by atoms with Crippen LogP contribution in [0.5, 0.6) is 5.75 Å². The number of halogens is 1. The first-order chi connectivity index (χ1) is 9.79. The van der Waals surface area contributed by atoms with Crippen LogP contribution in [0.2, 0.25) is 0 Å². The van der Waals surface area contributed by atoms with Gasteiger partial charge in [-0.2, -0.15) is 0 Å². The minimum atomic E-state index is 0.813. The average Bonchev–Trinajstić information content (AvgIpc) is 2.45. The van der Waals surface area contributed by atoms with Crippen molar-refractivity contribution in [3.8, 4) is 5.75 Å². The van der Waals surface area contributed by atoms with E-state index < -0.39 is 0 Å². The summed E-state index contributed by atoms with van der Waals surface area (Å²) in [6.45, 7) is 7.16. The molecule has 0 radical (unpaired) electrons. The maximum absolute atomic E-state index is 5.99. The van der Waals surface area contributed by atoms with E-state index in [1.807, 2.05) is 0 Å². The van der Waals surface area contributed by atoms with E-state index in [1.165, 1.54) is 31.2 Å². The van der Waals surface area contributed by atoms with Crippen molar-refractivity contribution < 1.29 is 4.74 Å². The fourth-order valence-corrected chi connectivity index (χ4v) is 2.66. The van der Waals surface area contributed by atoms with Gasteiger partial charge in [0.2, 0.25) is 0 Å². The Hall–Kier alpha value is -0.540. The lowest BCUT2D eigenvalue weighted by atomic mass is 10.1. The van der Waals surface area contributed by atoms with E-state index in [-0.39, 0.29) is 0 Å². The van der Waals surface area contributed by atoms with Crippen molar-refractivity contribution in [3.63, 3.8) is 0 Å². The summed E-state index contributed by atoms with van der Waals surface area (Å²) in [4.78, 5) is 0. The summed E-state index contributed by atoms with van der Waals surface area (Å²) in [5.41, 5.74) is 1.24. The summed E-state index contributed by atoms with van der Waals surface area (Å²) in [5.74, 6) is 1.01. The van der Waals surface area contributed by atoms with Crippen molar-refractivity contribution in [1.29, 1.82) is 0 Å². The predicted octanol–water partition coefficient (Wildman–Crippen LogP) is 5.30. The van der Waals surface area contributed by atoms with Crippen LogP contribution in [-0.2, 0) is 6.54 Å². The molecule has 0 saturated heterocycles. The fraction of sp³-hybridized carbons (Fsp3) is 0.647. The first-order valence-corrected chi connectivity index (χ1v) is 8.69. The maximum Gasteiger partial charge on any atom is 0.137 e. The molecule has 0 aliphatic heterocycles. The van der Waals surface area contributed by atoms with E-state index in [0.717, 1.165) is 42.8 Å². The number of para-hydroxylation sites is 1. The highest BCUT2D eigenvalue weighted by Crippen LogP contribution is 2.29. The van der Waals surface area contributed by atoms with Crippen LogP contribution in [0.25, 0.3) is 0 Å². The monoisotopic (exact) mass is 341 g/mol. The van der Waals surface area contributed by atoms with E-state index in [0.29, 0.717) is 0 Å². The van der Waals surface area contributed by atoms with Crippen LogP contribution in [0.3, 0.4) is 0 Å². The Morgan fingerprint density at radius 2 is 1.85 bits per heavy atom. The molecule has 0 heterocycles. The van der Waals surface area contributed by atoms with Gasteiger partial charge < -0.3 is 10.1 Å². The van der Waals surface area contributed by atoms with E-state index >= 15 is 0 Å². The Kier molecular flexibility index (Phi) is 9.77. The Bertz CT molecular complexity index is 368. The summed E-state index contributed by atoms with van der Waals surface area (Å²) in [6.07, 6.45) is 7.51. The maximum atomic E-state index is 5.99. The zero-order chi connectivity index (χ0) is 14.6. The zero-order valence-electron chi connectivity index (χ0n) is 12.9. The highest BCUT2D eigenvalue weighted by molar-refractivity contribution is 9.10. The summed E-state index contributed by atoms with van der Waals surface area (Å²) in [7, 11) is 0. The molecule has 3 heteroatoms. The van der Waals surface area contributed by atoms with Gasteiger partial charge in [-0.15, -0.1) is 0 Å². The zero-order valence-corrected chi connectivity index (χ0v) is 14.5. The Labute approximate surface area is 132 Å². The van der Waals surface area contributed by atoms with Crippen molar-refractivity contribution in [2.24, 2.45) is 0 Å². The van der Waals surface area contributed by atoms with Crippen molar-refractivity contribution in [1.82, 2.24) is 5.32 Å². The molecule has 2 nitrogen and oxygen atoms in total. The SMILES string of the molecule is CCCCCCCOc1c(Br)cccc1CNCCC. The van der Waals surface area contributed by atoms with Crippen molar-refractivity contribution in [2.75, 3.05) is 13.2 Å². The minimum Gasteiger partial charge on any atom is -0.492 e. The Morgan fingerprint density at radius 3 is 2.60 bits per heavy atom. The van der Waals surface area contributed by atoms with Gasteiger partial charge in [0.05, 0.1) is 11.1 Å². The molecule has 1 aromatic rings. The van der Waals surface area contributed by atoms with Gasteiger partial charge in [-0.05, 0) is 41.4 Å². The van der Waals surface area contributed by atoms with E-state index in [2.05, 4.69) is 53.3 Å². The van der Waals surface area contributed by atoms with Crippen molar-refractivity contribution >= 4 is 15.9 Å². The number of nitrogens with one attached hydrogen (secondary N) is 1. The topological polar surface area (TPSA) is 21.3 Å². The average molecular weight is 342 g/mol. The molecule has 20 heavy (non-hydrogen) atoms. The van der Waals surface area contributed by atoms with Gasteiger partial charge >= 0.3 is 0 Å². The molecule has 0 bridgehead atoms. The second-order valence-electron chi connectivity index (χ2n) is 5.17. The first kappa shape index (κ1) is 17.5. The number of rotatable bonds is 11. The lowest BCUT2D eigenvalue weighted by Crippen LogP contribution is -2.15. The van der Waals surface area contributed by atoms with E-state index in [1.54, 1.807) is 0 Å². The van der Waals surface area contributed by atoms with Crippen LogP contribution in [0.1, 0.15) is 57.9 Å². The van der Waals surface area contributed by atoms with Gasteiger partial charge in [0.15, 0.2) is 0 Å². The molecule has 1 N–H and O–H groups in total. The molecule has 0 aliphatic rings. The molecule has 1 rings (SSSR count). The fourth-order valence-electron chi connectivity index (χ4n) is 2.13. The van der Waals surface area contributed by atoms with Gasteiger partial charge in [-0.25, -0.2) is 0 Å². The van der Waals surface area contributed by atoms with E-state index in [4.69, 9.17) is 4.74 Å². The molecule has 114 valence electrons. The van der Waals surface area contributed by atoms with Crippen LogP contribution in [0.15, 0.2) is 22.7 Å². The van der Waals surface area contributed by atoms with Crippen molar-refractivity contribution in [2.45, 2.75) is 58.9 Å². The highest BCUT2D eigenvalue weighted by atomic mass is 79.9. The van der Waals surface area contributed by atoms with E-state index in [9.17, 15) is 0 Å². The van der Waals surface area contributed by atoms with Gasteiger partial charge in [-0.1, -0.05) is 51.7 Å². The number of unbranched alkanes of at least 4 members (excludes halogenated alkanes) is 4. The van der Waals surface area contributed by atoms with Crippen LogP contribution in [-0.4, -0.2) is 13.2 Å². The largest absolute Gasteiger partial charge is 0.492 e. The summed E-state index contributed by atoms with van der Waals surface area (Å²) >= 11 is 3.60. The highest BCUT2D eigenvalue weighted by Gasteiger charge is 2.07. The third-order valence-corrected chi connectivity index (χ3v) is 3.91. The van der Waals surface area contributed by atoms with Crippen LogP contribution in [0, 0.1) is 0 Å².